The summed E-state index contributed by atoms with van der Waals surface area (Å²) < 4.78 is 52.0. The minimum absolute atomic E-state index is 0.00920. The third kappa shape index (κ3) is 6.85. The molecule has 3 rings (SSSR count). The van der Waals surface area contributed by atoms with E-state index in [0.29, 0.717) is 11.3 Å². The van der Waals surface area contributed by atoms with Gasteiger partial charge in [-0.15, -0.1) is 0 Å². The molecule has 7 nitrogen and oxygen atoms in total. The van der Waals surface area contributed by atoms with Crippen molar-refractivity contribution in [2.45, 2.75) is 37.7 Å². The van der Waals surface area contributed by atoms with Gasteiger partial charge in [0.25, 0.3) is 0 Å². The van der Waals surface area contributed by atoms with Crippen LogP contribution in [0.2, 0.25) is 0 Å². The summed E-state index contributed by atoms with van der Waals surface area (Å²) >= 11 is 0. The van der Waals surface area contributed by atoms with E-state index in [1.54, 1.807) is 13.1 Å². The summed E-state index contributed by atoms with van der Waals surface area (Å²) in [7, 11) is -1.90. The van der Waals surface area contributed by atoms with Crippen molar-refractivity contribution in [1.82, 2.24) is 16.0 Å². The summed E-state index contributed by atoms with van der Waals surface area (Å²) in [5.74, 6) is -2.03. The molecule has 0 saturated carbocycles. The van der Waals surface area contributed by atoms with Crippen molar-refractivity contribution in [3.8, 4) is 0 Å². The van der Waals surface area contributed by atoms with Gasteiger partial charge in [0.1, 0.15) is 11.6 Å². The van der Waals surface area contributed by atoms with Gasteiger partial charge in [0.15, 0.2) is 9.84 Å². The Labute approximate surface area is 198 Å². The van der Waals surface area contributed by atoms with Crippen molar-refractivity contribution in [1.29, 1.82) is 0 Å². The van der Waals surface area contributed by atoms with E-state index < -0.39 is 39.5 Å². The highest BCUT2D eigenvalue weighted by Gasteiger charge is 2.26. The fourth-order valence-corrected chi connectivity index (χ4v) is 5.24. The number of aryl methyl sites for hydroxylation is 1. The van der Waals surface area contributed by atoms with E-state index in [1.807, 2.05) is 19.1 Å². The molecule has 2 atom stereocenters. The molecule has 0 fully saturated rings. The maximum Gasteiger partial charge on any atom is 0.234 e. The number of halogens is 2. The molecule has 0 saturated heterocycles. The number of hydrogen-bond donors (Lipinski definition) is 4. The van der Waals surface area contributed by atoms with Gasteiger partial charge < -0.3 is 21.1 Å². The van der Waals surface area contributed by atoms with Crippen LogP contribution in [-0.4, -0.2) is 51.7 Å². The molecule has 4 N–H and O–H groups in total. The first-order valence-electron chi connectivity index (χ1n) is 11.0. The van der Waals surface area contributed by atoms with Gasteiger partial charge in [0.05, 0.1) is 35.5 Å². The van der Waals surface area contributed by atoms with Gasteiger partial charge >= 0.3 is 0 Å². The fraction of sp³-hybridized carbons (Fsp3) is 0.375. The predicted octanol–water partition coefficient (Wildman–Crippen LogP) is 1.65. The van der Waals surface area contributed by atoms with Crippen molar-refractivity contribution in [3.05, 3.63) is 75.7 Å². The number of rotatable bonds is 10. The Kier molecular flexibility index (Phi) is 8.40. The smallest absolute Gasteiger partial charge is 0.234 e. The van der Waals surface area contributed by atoms with Gasteiger partial charge in [-0.2, -0.15) is 0 Å². The molecule has 0 spiro atoms. The number of hydrogen-bond acceptors (Lipinski definition) is 6. The summed E-state index contributed by atoms with van der Waals surface area (Å²) in [4.78, 5) is 12.2. The first-order chi connectivity index (χ1) is 16.1. The highest BCUT2D eigenvalue weighted by molar-refractivity contribution is 7.93. The zero-order valence-corrected chi connectivity index (χ0v) is 19.9. The summed E-state index contributed by atoms with van der Waals surface area (Å²) in [6.07, 6.45) is -0.434. The first-order valence-corrected chi connectivity index (χ1v) is 12.7. The summed E-state index contributed by atoms with van der Waals surface area (Å²) in [6.45, 7) is 1.89. The molecular formula is C24H29F2N3O4S. The monoisotopic (exact) mass is 493 g/mol. The van der Waals surface area contributed by atoms with Crippen molar-refractivity contribution in [2.24, 2.45) is 0 Å². The summed E-state index contributed by atoms with van der Waals surface area (Å²) in [5, 5.41) is 20.4. The molecule has 2 unspecified atom stereocenters. The molecule has 1 aliphatic heterocycles. The number of fused-ring (bicyclic) bond motifs is 1. The van der Waals surface area contributed by atoms with E-state index in [2.05, 4.69) is 16.0 Å². The molecule has 0 aliphatic carbocycles. The topological polar surface area (TPSA) is 108 Å². The van der Waals surface area contributed by atoms with Crippen LogP contribution in [0.4, 0.5) is 8.78 Å². The number of aliphatic hydroxyl groups excluding tert-OH is 1. The number of aliphatic hydroxyl groups is 1. The van der Waals surface area contributed by atoms with Gasteiger partial charge in [-0.25, -0.2) is 17.2 Å². The zero-order valence-electron chi connectivity index (χ0n) is 19.1. The molecule has 1 amide bonds. The van der Waals surface area contributed by atoms with E-state index in [4.69, 9.17) is 0 Å². The fourth-order valence-electron chi connectivity index (χ4n) is 3.90. The number of nitrogens with one attached hydrogen (secondary N) is 3. The lowest BCUT2D eigenvalue weighted by Crippen LogP contribution is -2.50. The zero-order chi connectivity index (χ0) is 24.9. The molecule has 34 heavy (non-hydrogen) atoms. The van der Waals surface area contributed by atoms with Crippen LogP contribution in [0.1, 0.15) is 29.2 Å². The maximum absolute atomic E-state index is 13.7. The van der Waals surface area contributed by atoms with Gasteiger partial charge in [-0.1, -0.05) is 19.1 Å². The Bertz CT molecular complexity index is 1160. The Morgan fingerprint density at radius 1 is 1.12 bits per heavy atom. The average molecular weight is 494 g/mol. The number of benzene rings is 2. The second kappa shape index (κ2) is 11.1. The van der Waals surface area contributed by atoms with Crippen LogP contribution in [0, 0.1) is 11.6 Å². The van der Waals surface area contributed by atoms with Crippen molar-refractivity contribution < 1.29 is 27.1 Å². The predicted molar refractivity (Wildman–Crippen MR) is 126 cm³/mol. The van der Waals surface area contributed by atoms with Crippen molar-refractivity contribution in [3.63, 3.8) is 0 Å². The van der Waals surface area contributed by atoms with E-state index in [0.717, 1.165) is 41.2 Å². The lowest BCUT2D eigenvalue weighted by molar-refractivity contribution is -0.121. The largest absolute Gasteiger partial charge is 0.389 e. The van der Waals surface area contributed by atoms with Crippen LogP contribution in [-0.2, 0) is 33.2 Å². The SMILES string of the molecule is CCc1ccc2c(c1)C(NCC(O)C(Cc1cc(F)cc(F)c1)NC(=O)CNC)=CS(=O)(=O)C2. The lowest BCUT2D eigenvalue weighted by atomic mass is 9.99. The molecule has 0 aromatic heterocycles. The van der Waals surface area contributed by atoms with E-state index in [9.17, 15) is 27.1 Å². The van der Waals surface area contributed by atoms with Gasteiger partial charge in [0.2, 0.25) is 5.91 Å². The number of likely N-dealkylation sites (N-methyl/N-ethyl adjacent to an activating group) is 1. The Hall–Kier alpha value is -2.82. The third-order valence-electron chi connectivity index (χ3n) is 5.55. The van der Waals surface area contributed by atoms with E-state index in [-0.39, 0.29) is 30.8 Å². The Morgan fingerprint density at radius 2 is 1.82 bits per heavy atom. The Balaban J connectivity index is 1.81. The highest BCUT2D eigenvalue weighted by Crippen LogP contribution is 2.28. The standard InChI is InChI=1S/C24H29F2N3O4S/c1-3-15-4-5-17-13-34(32,33)14-22(20(17)8-15)28-11-23(30)21(29-24(31)12-27-2)9-16-6-18(25)10-19(26)7-16/h4-8,10,14,21,23,27-28,30H,3,9,11-13H2,1-2H3,(H,29,31). The summed E-state index contributed by atoms with van der Waals surface area (Å²) in [5.41, 5.74) is 3.06. The lowest BCUT2D eigenvalue weighted by Gasteiger charge is -2.27. The van der Waals surface area contributed by atoms with E-state index in [1.165, 1.54) is 0 Å². The molecule has 2 aromatic rings. The molecule has 1 aliphatic rings. The first kappa shape index (κ1) is 25.8. The minimum atomic E-state index is -3.48. The molecule has 0 radical (unpaired) electrons. The van der Waals surface area contributed by atoms with Gasteiger partial charge in [-0.3, -0.25) is 4.79 Å². The quantitative estimate of drug-likeness (QED) is 0.401. The van der Waals surface area contributed by atoms with Crippen molar-refractivity contribution in [2.75, 3.05) is 20.1 Å². The average Bonchev–Trinajstić information content (AvgIpc) is 2.75. The molecule has 1 heterocycles. The number of sulfone groups is 1. The Morgan fingerprint density at radius 3 is 2.47 bits per heavy atom. The molecular weight excluding hydrogens is 464 g/mol. The van der Waals surface area contributed by atoms with Crippen LogP contribution >= 0.6 is 0 Å². The normalized spacial score (nSPS) is 16.2. The molecule has 2 aromatic carbocycles. The van der Waals surface area contributed by atoms with Gasteiger partial charge in [-0.05, 0) is 54.8 Å². The number of carbonyl (C=O) groups is 1. The third-order valence-corrected chi connectivity index (χ3v) is 6.86. The molecule has 184 valence electrons. The number of carbonyl (C=O) groups excluding carboxylic acids is 1. The van der Waals surface area contributed by atoms with Crippen LogP contribution < -0.4 is 16.0 Å². The summed E-state index contributed by atoms with van der Waals surface area (Å²) in [6, 6.07) is 7.73. The maximum atomic E-state index is 13.7. The second-order valence-corrected chi connectivity index (χ2v) is 10.2. The highest BCUT2D eigenvalue weighted by atomic mass is 32.2. The minimum Gasteiger partial charge on any atom is -0.389 e. The van der Waals surface area contributed by atoms with Crippen LogP contribution in [0.25, 0.3) is 5.70 Å². The van der Waals surface area contributed by atoms with Crippen LogP contribution in [0.5, 0.6) is 0 Å². The van der Waals surface area contributed by atoms with Crippen LogP contribution in [0.3, 0.4) is 0 Å². The van der Waals surface area contributed by atoms with Gasteiger partial charge in [0, 0.05) is 18.2 Å². The number of amides is 1. The van der Waals surface area contributed by atoms with Crippen molar-refractivity contribution >= 4 is 21.4 Å². The second-order valence-electron chi connectivity index (χ2n) is 8.32. The van der Waals surface area contributed by atoms with E-state index >= 15 is 0 Å². The molecule has 0 bridgehead atoms. The molecule has 10 heteroatoms. The van der Waals surface area contributed by atoms with Crippen LogP contribution in [0.15, 0.2) is 41.8 Å².